The van der Waals surface area contributed by atoms with Gasteiger partial charge in [0.15, 0.2) is 0 Å². The molecule has 0 aromatic rings. The van der Waals surface area contributed by atoms with E-state index < -0.39 is 0 Å². The molecule has 0 unspecified atom stereocenters. The lowest BCUT2D eigenvalue weighted by Crippen LogP contribution is -2.13. The third kappa shape index (κ3) is 4.52. The van der Waals surface area contributed by atoms with E-state index in [1.54, 1.807) is 11.8 Å². The van der Waals surface area contributed by atoms with Crippen LogP contribution in [0.5, 0.6) is 0 Å². The number of thioether (sulfide) groups is 1. The molecule has 0 aliphatic rings. The maximum Gasteiger partial charge on any atom is 0.204 e. The van der Waals surface area contributed by atoms with Gasteiger partial charge >= 0.3 is 0 Å². The summed E-state index contributed by atoms with van der Waals surface area (Å²) in [4.78, 5) is 10.2. The van der Waals surface area contributed by atoms with Gasteiger partial charge in [-0.25, -0.2) is 0 Å². The topological polar surface area (TPSA) is 17.1 Å². The standard InChI is InChI=1S/C7H13OS/c1-7(2,6-8)4-5-9-3/h4-5H2,1-3H3. The van der Waals surface area contributed by atoms with Crippen LogP contribution in [0.15, 0.2) is 0 Å². The first kappa shape index (κ1) is 9.02. The van der Waals surface area contributed by atoms with Crippen LogP contribution in [0.1, 0.15) is 20.3 Å². The zero-order valence-corrected chi connectivity index (χ0v) is 7.05. The van der Waals surface area contributed by atoms with Crippen molar-refractivity contribution in [3.05, 3.63) is 0 Å². The first-order valence-corrected chi connectivity index (χ1v) is 4.40. The van der Waals surface area contributed by atoms with Gasteiger partial charge in [0.2, 0.25) is 6.29 Å². The summed E-state index contributed by atoms with van der Waals surface area (Å²) in [7, 11) is 0. The van der Waals surface area contributed by atoms with Crippen LogP contribution in [0.2, 0.25) is 0 Å². The molecular weight excluding hydrogens is 132 g/mol. The van der Waals surface area contributed by atoms with Crippen molar-refractivity contribution in [1.29, 1.82) is 0 Å². The predicted octanol–water partition coefficient (Wildman–Crippen LogP) is 1.88. The van der Waals surface area contributed by atoms with Crippen molar-refractivity contribution < 1.29 is 4.79 Å². The fourth-order valence-electron chi connectivity index (χ4n) is 0.408. The Hall–Kier alpha value is 0.0200. The second-order valence-corrected chi connectivity index (χ2v) is 3.71. The minimum Gasteiger partial charge on any atom is -0.290 e. The van der Waals surface area contributed by atoms with Crippen LogP contribution in [0.3, 0.4) is 0 Å². The molecule has 0 spiro atoms. The highest BCUT2D eigenvalue weighted by Gasteiger charge is 2.16. The maximum absolute atomic E-state index is 10.2. The van der Waals surface area contributed by atoms with E-state index in [1.165, 1.54) is 0 Å². The molecule has 0 aliphatic heterocycles. The highest BCUT2D eigenvalue weighted by Crippen LogP contribution is 2.18. The molecule has 0 amide bonds. The van der Waals surface area contributed by atoms with Gasteiger partial charge in [-0.2, -0.15) is 11.8 Å². The second kappa shape index (κ2) is 3.94. The highest BCUT2D eigenvalue weighted by molar-refractivity contribution is 7.98. The van der Waals surface area contributed by atoms with Crippen molar-refractivity contribution in [3.8, 4) is 0 Å². The molecule has 1 nitrogen and oxygen atoms in total. The molecule has 0 atom stereocenters. The van der Waals surface area contributed by atoms with Crippen molar-refractivity contribution in [2.24, 2.45) is 5.41 Å². The summed E-state index contributed by atoms with van der Waals surface area (Å²) in [6.45, 7) is 3.83. The maximum atomic E-state index is 10.2. The van der Waals surface area contributed by atoms with Crippen LogP contribution in [0, 0.1) is 5.41 Å². The molecule has 53 valence electrons. The fraction of sp³-hybridized carbons (Fsp3) is 0.857. The van der Waals surface area contributed by atoms with Crippen LogP contribution < -0.4 is 0 Å². The molecule has 0 fully saturated rings. The van der Waals surface area contributed by atoms with Crippen LogP contribution in [0.4, 0.5) is 0 Å². The minimum atomic E-state index is -0.233. The zero-order valence-electron chi connectivity index (χ0n) is 6.23. The van der Waals surface area contributed by atoms with Crippen LogP contribution >= 0.6 is 11.8 Å². The largest absolute Gasteiger partial charge is 0.290 e. The van der Waals surface area contributed by atoms with E-state index >= 15 is 0 Å². The fourth-order valence-corrected chi connectivity index (χ4v) is 1.12. The minimum absolute atomic E-state index is 0.233. The van der Waals surface area contributed by atoms with Gasteiger partial charge in [-0.15, -0.1) is 0 Å². The van der Waals surface area contributed by atoms with Crippen LogP contribution in [0.25, 0.3) is 0 Å². The summed E-state index contributed by atoms with van der Waals surface area (Å²) >= 11 is 1.76. The van der Waals surface area contributed by atoms with Gasteiger partial charge in [0, 0.05) is 5.41 Å². The normalized spacial score (nSPS) is 11.4. The molecule has 0 aromatic carbocycles. The molecule has 1 radical (unpaired) electrons. The van der Waals surface area contributed by atoms with Gasteiger partial charge in [0.1, 0.15) is 0 Å². The van der Waals surface area contributed by atoms with Crippen molar-refractivity contribution in [3.63, 3.8) is 0 Å². The van der Waals surface area contributed by atoms with E-state index in [9.17, 15) is 4.79 Å². The van der Waals surface area contributed by atoms with Crippen molar-refractivity contribution in [2.45, 2.75) is 20.3 Å². The molecule has 2 heteroatoms. The average Bonchev–Trinajstić information content (AvgIpc) is 1.84. The Morgan fingerprint density at radius 1 is 1.56 bits per heavy atom. The summed E-state index contributed by atoms with van der Waals surface area (Å²) in [6, 6.07) is 0. The first-order valence-electron chi connectivity index (χ1n) is 3.00. The molecule has 0 bridgehead atoms. The SMILES string of the molecule is CSCCC(C)(C)[C]=O. The first-order chi connectivity index (χ1) is 4.12. The third-order valence-corrected chi connectivity index (χ3v) is 1.82. The van der Waals surface area contributed by atoms with Crippen molar-refractivity contribution in [1.82, 2.24) is 0 Å². The lowest BCUT2D eigenvalue weighted by atomic mass is 9.93. The molecule has 0 aromatic heterocycles. The molecule has 0 saturated carbocycles. The van der Waals surface area contributed by atoms with Gasteiger partial charge in [0.05, 0.1) is 0 Å². The van der Waals surface area contributed by atoms with Gasteiger partial charge in [-0.1, -0.05) is 13.8 Å². The smallest absolute Gasteiger partial charge is 0.204 e. The number of carbonyl (C=O) groups excluding carboxylic acids is 1. The van der Waals surface area contributed by atoms with Gasteiger partial charge < -0.3 is 0 Å². The Kier molecular flexibility index (Phi) is 3.95. The monoisotopic (exact) mass is 145 g/mol. The van der Waals surface area contributed by atoms with E-state index in [4.69, 9.17) is 0 Å². The quantitative estimate of drug-likeness (QED) is 0.600. The summed E-state index contributed by atoms with van der Waals surface area (Å²) in [6.07, 6.45) is 4.98. The highest BCUT2D eigenvalue weighted by atomic mass is 32.2. The zero-order chi connectivity index (χ0) is 7.33. The van der Waals surface area contributed by atoms with E-state index in [2.05, 4.69) is 0 Å². The van der Waals surface area contributed by atoms with E-state index in [-0.39, 0.29) is 5.41 Å². The Morgan fingerprint density at radius 2 is 2.11 bits per heavy atom. The van der Waals surface area contributed by atoms with Crippen molar-refractivity contribution >= 4 is 18.0 Å². The molecule has 0 saturated heterocycles. The Labute approximate surface area is 61.2 Å². The van der Waals surface area contributed by atoms with E-state index in [1.807, 2.05) is 26.4 Å². The number of rotatable bonds is 4. The molecular formula is C7H13OS. The Morgan fingerprint density at radius 3 is 2.44 bits per heavy atom. The Bertz CT molecular complexity index is 88.9. The van der Waals surface area contributed by atoms with E-state index in [0.717, 1.165) is 12.2 Å². The summed E-state index contributed by atoms with van der Waals surface area (Å²) in [5, 5.41) is 0. The lowest BCUT2D eigenvalue weighted by molar-refractivity contribution is 0.442. The second-order valence-electron chi connectivity index (χ2n) is 2.73. The third-order valence-electron chi connectivity index (χ3n) is 1.21. The summed E-state index contributed by atoms with van der Waals surface area (Å²) in [5.74, 6) is 1.04. The van der Waals surface area contributed by atoms with Crippen LogP contribution in [-0.4, -0.2) is 18.3 Å². The summed E-state index contributed by atoms with van der Waals surface area (Å²) in [5.41, 5.74) is -0.233. The molecule has 9 heavy (non-hydrogen) atoms. The number of hydrogen-bond donors (Lipinski definition) is 0. The lowest BCUT2D eigenvalue weighted by Gasteiger charge is -2.13. The van der Waals surface area contributed by atoms with Crippen molar-refractivity contribution in [2.75, 3.05) is 12.0 Å². The van der Waals surface area contributed by atoms with Crippen LogP contribution in [-0.2, 0) is 4.79 Å². The molecule has 0 heterocycles. The van der Waals surface area contributed by atoms with Gasteiger partial charge in [0.25, 0.3) is 0 Å². The predicted molar refractivity (Wildman–Crippen MR) is 42.5 cm³/mol. The summed E-state index contributed by atoms with van der Waals surface area (Å²) < 4.78 is 0. The van der Waals surface area contributed by atoms with Gasteiger partial charge in [-0.3, -0.25) is 4.79 Å². The van der Waals surface area contributed by atoms with Gasteiger partial charge in [-0.05, 0) is 18.4 Å². The molecule has 0 rings (SSSR count). The van der Waals surface area contributed by atoms with E-state index in [0.29, 0.717) is 0 Å². The Balaban J connectivity index is 3.45. The molecule has 0 N–H and O–H groups in total. The molecule has 0 aliphatic carbocycles. The number of hydrogen-bond acceptors (Lipinski definition) is 2. The average molecular weight is 145 g/mol.